The fourth-order valence-corrected chi connectivity index (χ4v) is 5.52. The first-order valence-electron chi connectivity index (χ1n) is 12.4. The summed E-state index contributed by atoms with van der Waals surface area (Å²) >= 11 is 3.17. The molecular formula is C28H36BrFN2O4Si. The lowest BCUT2D eigenvalue weighted by atomic mass is 10.1. The SMILES string of the molecule is C[C@H](NC(=O)OCc1ccccc1)[C@H](CCn1ccc2cc(Br)c(F)cc2c1=O)O[Si](C)(C)C(C)(C)C. The Kier molecular flexibility index (Phi) is 9.36. The van der Waals surface area contributed by atoms with Gasteiger partial charge < -0.3 is 19.0 Å². The minimum Gasteiger partial charge on any atom is -0.445 e. The minimum atomic E-state index is -2.20. The summed E-state index contributed by atoms with van der Waals surface area (Å²) in [6.07, 6.45) is 1.32. The minimum absolute atomic E-state index is 0.0382. The van der Waals surface area contributed by atoms with E-state index in [1.165, 1.54) is 6.07 Å². The molecule has 0 aliphatic carbocycles. The number of carbonyl (C=O) groups excluding carboxylic acids is 1. The zero-order valence-corrected chi connectivity index (χ0v) is 24.9. The Morgan fingerprint density at radius 2 is 1.84 bits per heavy atom. The highest BCUT2D eigenvalue weighted by Gasteiger charge is 2.40. The number of nitrogens with one attached hydrogen (secondary N) is 1. The maximum Gasteiger partial charge on any atom is 0.407 e. The quantitative estimate of drug-likeness (QED) is 0.272. The number of pyridine rings is 1. The van der Waals surface area contributed by atoms with Crippen molar-refractivity contribution in [1.29, 1.82) is 0 Å². The highest BCUT2D eigenvalue weighted by molar-refractivity contribution is 9.10. The molecule has 1 amide bonds. The Bertz CT molecular complexity index is 1290. The average molecular weight is 592 g/mol. The molecule has 1 aromatic heterocycles. The Labute approximate surface area is 227 Å². The number of benzene rings is 2. The second-order valence-corrected chi connectivity index (χ2v) is 16.5. The van der Waals surface area contributed by atoms with Crippen molar-refractivity contribution in [2.24, 2.45) is 0 Å². The molecule has 6 nitrogen and oxygen atoms in total. The van der Waals surface area contributed by atoms with E-state index < -0.39 is 20.2 Å². The van der Waals surface area contributed by atoms with E-state index in [2.05, 4.69) is 55.1 Å². The number of alkyl carbamates (subject to hydrolysis) is 1. The molecule has 3 aromatic rings. The second kappa shape index (κ2) is 11.9. The first-order chi connectivity index (χ1) is 17.3. The van der Waals surface area contributed by atoms with Gasteiger partial charge in [-0.3, -0.25) is 4.79 Å². The molecule has 0 bridgehead atoms. The molecule has 9 heteroatoms. The lowest BCUT2D eigenvalue weighted by molar-refractivity contribution is 0.104. The summed E-state index contributed by atoms with van der Waals surface area (Å²) in [6.45, 7) is 13.2. The van der Waals surface area contributed by atoms with Crippen molar-refractivity contribution in [3.05, 3.63) is 80.9 Å². The zero-order chi connectivity index (χ0) is 27.4. The summed E-state index contributed by atoms with van der Waals surface area (Å²) in [5.41, 5.74) is 0.636. The van der Waals surface area contributed by atoms with E-state index >= 15 is 0 Å². The van der Waals surface area contributed by atoms with Crippen LogP contribution in [0.25, 0.3) is 10.8 Å². The number of halogens is 2. The second-order valence-electron chi connectivity index (χ2n) is 10.9. The van der Waals surface area contributed by atoms with Gasteiger partial charge in [-0.25, -0.2) is 9.18 Å². The van der Waals surface area contributed by atoms with Crippen LogP contribution in [0, 0.1) is 5.82 Å². The van der Waals surface area contributed by atoms with E-state index in [-0.39, 0.29) is 29.4 Å². The van der Waals surface area contributed by atoms with Crippen LogP contribution in [-0.2, 0) is 22.3 Å². The standard InChI is InChI=1S/C28H36BrFN2O4Si/c1-19(31-27(34)35-18-20-10-8-7-9-11-20)25(36-37(5,6)28(2,3)4)13-15-32-14-12-21-16-23(29)24(30)17-22(21)26(32)33/h7-12,14,16-17,19,25H,13,15,18H2,1-6H3,(H,31,34)/t19-,25-/m0/s1. The van der Waals surface area contributed by atoms with Crippen LogP contribution in [0.2, 0.25) is 18.1 Å². The van der Waals surface area contributed by atoms with E-state index in [9.17, 15) is 14.0 Å². The Morgan fingerprint density at radius 3 is 2.49 bits per heavy atom. The highest BCUT2D eigenvalue weighted by Crippen LogP contribution is 2.38. The van der Waals surface area contributed by atoms with Crippen molar-refractivity contribution in [1.82, 2.24) is 9.88 Å². The molecule has 200 valence electrons. The average Bonchev–Trinajstić information content (AvgIpc) is 2.82. The molecule has 0 fully saturated rings. The molecule has 37 heavy (non-hydrogen) atoms. The summed E-state index contributed by atoms with van der Waals surface area (Å²) in [5.74, 6) is -0.478. The Morgan fingerprint density at radius 1 is 1.16 bits per heavy atom. The molecule has 3 rings (SSSR count). The van der Waals surface area contributed by atoms with Gasteiger partial charge in [0.05, 0.1) is 22.0 Å². The fourth-order valence-electron chi connectivity index (χ4n) is 3.73. The van der Waals surface area contributed by atoms with Crippen molar-refractivity contribution in [3.63, 3.8) is 0 Å². The molecule has 0 unspecified atom stereocenters. The molecule has 0 radical (unpaired) electrons. The monoisotopic (exact) mass is 590 g/mol. The van der Waals surface area contributed by atoms with E-state index in [1.54, 1.807) is 22.9 Å². The van der Waals surface area contributed by atoms with Crippen molar-refractivity contribution in [3.8, 4) is 0 Å². The Hall–Kier alpha value is -2.49. The van der Waals surface area contributed by atoms with Gasteiger partial charge in [0.15, 0.2) is 8.32 Å². The fraction of sp³-hybridized carbons (Fsp3) is 0.429. The number of hydrogen-bond acceptors (Lipinski definition) is 4. The molecular weight excluding hydrogens is 555 g/mol. The summed E-state index contributed by atoms with van der Waals surface area (Å²) in [4.78, 5) is 25.6. The maximum atomic E-state index is 14.1. The normalized spacial score (nSPS) is 13.8. The molecule has 2 atom stereocenters. The van der Waals surface area contributed by atoms with Crippen LogP contribution in [0.4, 0.5) is 9.18 Å². The van der Waals surface area contributed by atoms with E-state index in [0.29, 0.717) is 28.2 Å². The molecule has 1 heterocycles. The molecule has 1 N–H and O–H groups in total. The van der Waals surface area contributed by atoms with Gasteiger partial charge in [-0.2, -0.15) is 0 Å². The summed E-state index contributed by atoms with van der Waals surface area (Å²) < 4.78 is 28.1. The zero-order valence-electron chi connectivity index (χ0n) is 22.3. The summed E-state index contributed by atoms with van der Waals surface area (Å²) in [5, 5.41) is 3.86. The summed E-state index contributed by atoms with van der Waals surface area (Å²) in [7, 11) is -2.20. The molecule has 0 spiro atoms. The number of hydrogen-bond donors (Lipinski definition) is 1. The summed E-state index contributed by atoms with van der Waals surface area (Å²) in [6, 6.07) is 13.8. The first-order valence-corrected chi connectivity index (χ1v) is 16.1. The predicted octanol–water partition coefficient (Wildman–Crippen LogP) is 7.00. The number of rotatable bonds is 9. The van der Waals surface area contributed by atoms with Gasteiger partial charge in [-0.15, -0.1) is 0 Å². The molecule has 0 aliphatic heterocycles. The van der Waals surface area contributed by atoms with Gasteiger partial charge in [-0.1, -0.05) is 51.1 Å². The van der Waals surface area contributed by atoms with E-state index in [1.807, 2.05) is 37.3 Å². The maximum absolute atomic E-state index is 14.1. The molecule has 0 saturated carbocycles. The van der Waals surface area contributed by atoms with Gasteiger partial charge in [0.25, 0.3) is 5.56 Å². The largest absolute Gasteiger partial charge is 0.445 e. The number of aryl methyl sites for hydroxylation is 1. The smallest absolute Gasteiger partial charge is 0.407 e. The van der Waals surface area contributed by atoms with Crippen LogP contribution in [-0.4, -0.2) is 31.1 Å². The molecule has 0 aliphatic rings. The van der Waals surface area contributed by atoms with Crippen molar-refractivity contribution >= 4 is 41.1 Å². The lowest BCUT2D eigenvalue weighted by Crippen LogP contribution is -2.51. The van der Waals surface area contributed by atoms with Gasteiger partial charge in [-0.05, 0) is 76.6 Å². The van der Waals surface area contributed by atoms with E-state index in [0.717, 1.165) is 5.56 Å². The molecule has 2 aromatic carbocycles. The number of ether oxygens (including phenoxy) is 1. The van der Waals surface area contributed by atoms with Crippen LogP contribution >= 0.6 is 15.9 Å². The molecule has 0 saturated heterocycles. The number of nitrogens with zero attached hydrogens (tertiary/aromatic N) is 1. The van der Waals surface area contributed by atoms with Crippen molar-refractivity contribution < 1.29 is 18.3 Å². The topological polar surface area (TPSA) is 69.6 Å². The van der Waals surface area contributed by atoms with Crippen LogP contribution in [0.1, 0.15) is 39.7 Å². The van der Waals surface area contributed by atoms with Crippen LogP contribution in [0.5, 0.6) is 0 Å². The number of fused-ring (bicyclic) bond motifs is 1. The van der Waals surface area contributed by atoms with Crippen LogP contribution in [0.3, 0.4) is 0 Å². The number of aromatic nitrogens is 1. The first kappa shape index (κ1) is 29.1. The van der Waals surface area contributed by atoms with Gasteiger partial charge in [0, 0.05) is 12.7 Å². The van der Waals surface area contributed by atoms with Crippen LogP contribution in [0.15, 0.2) is 64.0 Å². The predicted molar refractivity (Wildman–Crippen MR) is 152 cm³/mol. The van der Waals surface area contributed by atoms with E-state index in [4.69, 9.17) is 9.16 Å². The van der Waals surface area contributed by atoms with Crippen LogP contribution < -0.4 is 10.9 Å². The van der Waals surface area contributed by atoms with Crippen molar-refractivity contribution in [2.45, 2.75) is 77.5 Å². The van der Waals surface area contributed by atoms with Gasteiger partial charge >= 0.3 is 6.09 Å². The van der Waals surface area contributed by atoms with Gasteiger partial charge in [0.2, 0.25) is 0 Å². The number of carbonyl (C=O) groups is 1. The highest BCUT2D eigenvalue weighted by atomic mass is 79.9. The third kappa shape index (κ3) is 7.52. The van der Waals surface area contributed by atoms with Gasteiger partial charge in [0.1, 0.15) is 12.4 Å². The van der Waals surface area contributed by atoms with Crippen molar-refractivity contribution in [2.75, 3.05) is 0 Å². The lowest BCUT2D eigenvalue weighted by Gasteiger charge is -2.41. The number of amides is 1. The third-order valence-corrected chi connectivity index (χ3v) is 12.2. The third-order valence-electron chi connectivity index (χ3n) is 7.04. The Balaban J connectivity index is 1.76.